The molecule has 1 saturated carbocycles. The fourth-order valence-electron chi connectivity index (χ4n) is 1.97. The van der Waals surface area contributed by atoms with Crippen LogP contribution in [0.15, 0.2) is 11.6 Å². The molecule has 0 aliphatic heterocycles. The van der Waals surface area contributed by atoms with E-state index in [0.717, 1.165) is 12.8 Å². The molecule has 0 amide bonds. The summed E-state index contributed by atoms with van der Waals surface area (Å²) in [6, 6.07) is 0. The van der Waals surface area contributed by atoms with Crippen molar-refractivity contribution in [3.05, 3.63) is 11.6 Å². The topological polar surface area (TPSA) is 52.6 Å². The molecule has 0 radical (unpaired) electrons. The minimum atomic E-state index is -0.433. The second-order valence-electron chi connectivity index (χ2n) is 3.98. The third-order valence-electron chi connectivity index (χ3n) is 2.85. The van der Waals surface area contributed by atoms with Crippen LogP contribution in [0.3, 0.4) is 0 Å². The van der Waals surface area contributed by atoms with Crippen molar-refractivity contribution in [2.24, 2.45) is 5.92 Å². The van der Waals surface area contributed by atoms with E-state index in [1.54, 1.807) is 0 Å². The molecule has 0 bridgehead atoms. The second-order valence-corrected chi connectivity index (χ2v) is 3.98. The van der Waals surface area contributed by atoms with Crippen molar-refractivity contribution in [1.29, 1.82) is 0 Å². The van der Waals surface area contributed by atoms with Crippen LogP contribution in [-0.2, 0) is 19.1 Å². The molecule has 0 saturated heterocycles. The predicted octanol–water partition coefficient (Wildman–Crippen LogP) is 1.84. The van der Waals surface area contributed by atoms with Crippen LogP contribution < -0.4 is 0 Å². The van der Waals surface area contributed by atoms with Crippen LogP contribution in [0.4, 0.5) is 0 Å². The largest absolute Gasteiger partial charge is 0.469 e. The second kappa shape index (κ2) is 6.30. The van der Waals surface area contributed by atoms with E-state index in [-0.39, 0.29) is 6.42 Å². The van der Waals surface area contributed by atoms with Gasteiger partial charge in [-0.05, 0) is 18.8 Å². The maximum atomic E-state index is 11.5. The molecule has 4 nitrogen and oxygen atoms in total. The summed E-state index contributed by atoms with van der Waals surface area (Å²) in [6.45, 7) is 0. The minimum Gasteiger partial charge on any atom is -0.469 e. The summed E-state index contributed by atoms with van der Waals surface area (Å²) < 4.78 is 9.21. The first-order chi connectivity index (χ1) is 7.67. The molecule has 0 N–H and O–H groups in total. The van der Waals surface area contributed by atoms with Gasteiger partial charge in [-0.15, -0.1) is 0 Å². The van der Waals surface area contributed by atoms with E-state index >= 15 is 0 Å². The monoisotopic (exact) mass is 226 g/mol. The van der Waals surface area contributed by atoms with Crippen molar-refractivity contribution in [2.75, 3.05) is 14.2 Å². The Morgan fingerprint density at radius 3 is 2.31 bits per heavy atom. The maximum Gasteiger partial charge on any atom is 0.334 e. The molecule has 90 valence electrons. The smallest absolute Gasteiger partial charge is 0.334 e. The lowest BCUT2D eigenvalue weighted by Gasteiger charge is -2.07. The van der Waals surface area contributed by atoms with Crippen LogP contribution >= 0.6 is 0 Å². The highest BCUT2D eigenvalue weighted by molar-refractivity contribution is 5.93. The zero-order chi connectivity index (χ0) is 12.0. The van der Waals surface area contributed by atoms with E-state index < -0.39 is 11.9 Å². The van der Waals surface area contributed by atoms with Crippen molar-refractivity contribution < 1.29 is 19.1 Å². The SMILES string of the molecule is COC(=O)CC(=CC1CCCC1)C(=O)OC. The molecular weight excluding hydrogens is 208 g/mol. The molecule has 1 aliphatic rings. The summed E-state index contributed by atoms with van der Waals surface area (Å²) in [4.78, 5) is 22.6. The van der Waals surface area contributed by atoms with Gasteiger partial charge in [-0.25, -0.2) is 4.79 Å². The number of allylic oxidation sites excluding steroid dienone is 1. The number of ether oxygens (including phenoxy) is 2. The Morgan fingerprint density at radius 2 is 1.81 bits per heavy atom. The molecular formula is C12H18O4. The van der Waals surface area contributed by atoms with E-state index in [4.69, 9.17) is 0 Å². The third-order valence-corrected chi connectivity index (χ3v) is 2.85. The highest BCUT2D eigenvalue weighted by Crippen LogP contribution is 2.27. The van der Waals surface area contributed by atoms with Gasteiger partial charge in [-0.2, -0.15) is 0 Å². The van der Waals surface area contributed by atoms with Crippen molar-refractivity contribution in [3.8, 4) is 0 Å². The predicted molar refractivity (Wildman–Crippen MR) is 58.7 cm³/mol. The number of carbonyl (C=O) groups is 2. The van der Waals surface area contributed by atoms with Gasteiger partial charge in [0, 0.05) is 5.57 Å². The van der Waals surface area contributed by atoms with Crippen molar-refractivity contribution in [2.45, 2.75) is 32.1 Å². The van der Waals surface area contributed by atoms with E-state index in [0.29, 0.717) is 11.5 Å². The standard InChI is InChI=1S/C12H18O4/c1-15-11(13)8-10(12(14)16-2)7-9-5-3-4-6-9/h7,9H,3-6,8H2,1-2H3. The number of hydrogen-bond acceptors (Lipinski definition) is 4. The van der Waals surface area contributed by atoms with Gasteiger partial charge in [0.2, 0.25) is 0 Å². The molecule has 0 aromatic rings. The van der Waals surface area contributed by atoms with Gasteiger partial charge in [0.1, 0.15) is 0 Å². The first-order valence-corrected chi connectivity index (χ1v) is 5.53. The number of rotatable bonds is 4. The molecule has 0 aromatic carbocycles. The fraction of sp³-hybridized carbons (Fsp3) is 0.667. The van der Waals surface area contributed by atoms with Crippen LogP contribution in [0.2, 0.25) is 0 Å². The summed E-state index contributed by atoms with van der Waals surface area (Å²) in [5, 5.41) is 0. The number of methoxy groups -OCH3 is 2. The molecule has 1 fully saturated rings. The molecule has 0 heterocycles. The van der Waals surface area contributed by atoms with E-state index in [1.807, 2.05) is 6.08 Å². The molecule has 0 aromatic heterocycles. The summed E-state index contributed by atoms with van der Waals surface area (Å²) in [5.41, 5.74) is 0.418. The van der Waals surface area contributed by atoms with Crippen molar-refractivity contribution >= 4 is 11.9 Å². The van der Waals surface area contributed by atoms with Crippen LogP contribution in [0.1, 0.15) is 32.1 Å². The first-order valence-electron chi connectivity index (χ1n) is 5.53. The van der Waals surface area contributed by atoms with Crippen LogP contribution in [-0.4, -0.2) is 26.2 Å². The summed E-state index contributed by atoms with van der Waals surface area (Å²) in [6.07, 6.45) is 6.42. The van der Waals surface area contributed by atoms with Gasteiger partial charge in [0.15, 0.2) is 0 Å². The highest BCUT2D eigenvalue weighted by atomic mass is 16.5. The average molecular weight is 226 g/mol. The molecule has 0 atom stereocenters. The number of carbonyl (C=O) groups excluding carboxylic acids is 2. The zero-order valence-electron chi connectivity index (χ0n) is 9.82. The zero-order valence-corrected chi connectivity index (χ0v) is 9.82. The lowest BCUT2D eigenvalue weighted by molar-refractivity contribution is -0.143. The Labute approximate surface area is 95.6 Å². The van der Waals surface area contributed by atoms with Crippen LogP contribution in [0.5, 0.6) is 0 Å². The summed E-state index contributed by atoms with van der Waals surface area (Å²) >= 11 is 0. The van der Waals surface area contributed by atoms with Crippen LogP contribution in [0.25, 0.3) is 0 Å². The molecule has 0 spiro atoms. The highest BCUT2D eigenvalue weighted by Gasteiger charge is 2.19. The summed E-state index contributed by atoms with van der Waals surface area (Å²) in [5.74, 6) is -0.439. The van der Waals surface area contributed by atoms with Crippen LogP contribution in [0, 0.1) is 5.92 Å². The molecule has 16 heavy (non-hydrogen) atoms. The Kier molecular flexibility index (Phi) is 5.02. The quantitative estimate of drug-likeness (QED) is 0.542. The molecule has 0 unspecified atom stereocenters. The minimum absolute atomic E-state index is 0.000324. The lowest BCUT2D eigenvalue weighted by atomic mass is 10.0. The van der Waals surface area contributed by atoms with E-state index in [2.05, 4.69) is 9.47 Å². The van der Waals surface area contributed by atoms with Gasteiger partial charge in [-0.3, -0.25) is 4.79 Å². The van der Waals surface area contributed by atoms with Gasteiger partial charge in [0.25, 0.3) is 0 Å². The number of esters is 2. The van der Waals surface area contributed by atoms with E-state index in [9.17, 15) is 9.59 Å². The van der Waals surface area contributed by atoms with Gasteiger partial charge in [-0.1, -0.05) is 18.9 Å². The fourth-order valence-corrected chi connectivity index (χ4v) is 1.97. The Balaban J connectivity index is 2.69. The van der Waals surface area contributed by atoms with Crippen molar-refractivity contribution in [3.63, 3.8) is 0 Å². The molecule has 1 aliphatic carbocycles. The lowest BCUT2D eigenvalue weighted by Crippen LogP contribution is -2.12. The third kappa shape index (κ3) is 3.68. The Morgan fingerprint density at radius 1 is 1.19 bits per heavy atom. The van der Waals surface area contributed by atoms with Gasteiger partial charge >= 0.3 is 11.9 Å². The maximum absolute atomic E-state index is 11.5. The summed E-state index contributed by atoms with van der Waals surface area (Å²) in [7, 11) is 2.63. The molecule has 1 rings (SSSR count). The molecule has 4 heteroatoms. The number of hydrogen-bond donors (Lipinski definition) is 0. The Bertz CT molecular complexity index is 287. The van der Waals surface area contributed by atoms with Crippen molar-refractivity contribution in [1.82, 2.24) is 0 Å². The first kappa shape index (κ1) is 12.7. The van der Waals surface area contributed by atoms with Gasteiger partial charge < -0.3 is 9.47 Å². The van der Waals surface area contributed by atoms with Gasteiger partial charge in [0.05, 0.1) is 20.6 Å². The normalized spacial score (nSPS) is 17.2. The Hall–Kier alpha value is -1.32. The van der Waals surface area contributed by atoms with E-state index in [1.165, 1.54) is 27.1 Å². The average Bonchev–Trinajstić information content (AvgIpc) is 2.79.